The van der Waals surface area contributed by atoms with E-state index < -0.39 is 5.97 Å². The maximum absolute atomic E-state index is 12.2. The highest BCUT2D eigenvalue weighted by molar-refractivity contribution is 5.88. The lowest BCUT2D eigenvalue weighted by Gasteiger charge is -2.52. The highest BCUT2D eigenvalue weighted by Crippen LogP contribution is 2.85. The van der Waals surface area contributed by atoms with Crippen molar-refractivity contribution < 1.29 is 16.1 Å². The molecule has 1 N–H and O–H groups in total. The number of fused-ring (bicyclic) bond motifs is 5. The fourth-order valence-corrected chi connectivity index (χ4v) is 9.24. The average Bonchev–Trinajstić information content (AvgIpc) is 3.41. The monoisotopic (exact) mass is 500 g/mol. The molecule has 5 saturated carbocycles. The zero-order valence-corrected chi connectivity index (χ0v) is 24.2. The summed E-state index contributed by atoms with van der Waals surface area (Å²) in [4.78, 5) is 22.1. The summed E-state index contributed by atoms with van der Waals surface area (Å²) in [7, 11) is 0. The molecule has 0 aliphatic heterocycles. The Balaban J connectivity index is 0.000000742. The Morgan fingerprint density at radius 3 is 2.00 bits per heavy atom. The molecule has 5 unspecified atom stereocenters. The van der Waals surface area contributed by atoms with E-state index in [2.05, 4.69) is 46.7 Å². The Kier molecular flexibility index (Phi) is 11.7. The number of allylic oxidation sites excluding steroid dienone is 1. The Morgan fingerprint density at radius 2 is 1.50 bits per heavy atom. The van der Waals surface area contributed by atoms with Crippen molar-refractivity contribution in [2.24, 2.45) is 45.8 Å². The average molecular weight is 501 g/mol. The van der Waals surface area contributed by atoms with Gasteiger partial charge < -0.3 is 5.11 Å². The van der Waals surface area contributed by atoms with E-state index in [-0.39, 0.29) is 7.00 Å². The molecule has 36 heavy (non-hydrogen) atoms. The molecule has 0 bridgehead atoms. The molecular weight excluding hydrogens is 444 g/mol. The number of carbonyl (C=O) groups is 2. The molecular formula is C33H56O3. The van der Waals surface area contributed by atoms with Crippen LogP contribution in [0.25, 0.3) is 0 Å². The van der Waals surface area contributed by atoms with Crippen molar-refractivity contribution in [1.29, 1.82) is 0 Å². The minimum Gasteiger partial charge on any atom is -0.478 e. The molecule has 0 aromatic rings. The minimum atomic E-state index is -0.969. The van der Waals surface area contributed by atoms with E-state index >= 15 is 0 Å². The van der Waals surface area contributed by atoms with Crippen LogP contribution in [0.15, 0.2) is 50.6 Å². The van der Waals surface area contributed by atoms with Gasteiger partial charge in [0.25, 0.3) is 0 Å². The number of carboxylic acids is 1. The van der Waals surface area contributed by atoms with Crippen LogP contribution in [0.3, 0.4) is 0 Å². The SMILES string of the molecule is C=C.C=C.C=C(/C=C\C)C(=O)O.CC.CC(=O)C1CCC2C3C4C[C@]45CCCC[C@]5(C)C3CC[C@]12C.[HH]. The van der Waals surface area contributed by atoms with Gasteiger partial charge in [0, 0.05) is 7.34 Å². The summed E-state index contributed by atoms with van der Waals surface area (Å²) >= 11 is 0. The van der Waals surface area contributed by atoms with Gasteiger partial charge in [-0.15, -0.1) is 26.3 Å². The molecule has 0 aromatic carbocycles. The zero-order valence-electron chi connectivity index (χ0n) is 24.2. The Morgan fingerprint density at radius 1 is 0.917 bits per heavy atom. The third-order valence-corrected chi connectivity index (χ3v) is 10.6. The molecule has 0 radical (unpaired) electrons. The molecule has 0 saturated heterocycles. The lowest BCUT2D eigenvalue weighted by Crippen LogP contribution is -2.46. The van der Waals surface area contributed by atoms with Crippen LogP contribution in [0.5, 0.6) is 0 Å². The van der Waals surface area contributed by atoms with Gasteiger partial charge in [0.15, 0.2) is 0 Å². The van der Waals surface area contributed by atoms with Crippen LogP contribution in [-0.4, -0.2) is 16.9 Å². The van der Waals surface area contributed by atoms with Crippen molar-refractivity contribution in [2.75, 3.05) is 0 Å². The predicted molar refractivity (Wildman–Crippen MR) is 156 cm³/mol. The highest BCUT2D eigenvalue weighted by atomic mass is 16.4. The van der Waals surface area contributed by atoms with Crippen molar-refractivity contribution in [2.45, 2.75) is 99.3 Å². The molecule has 3 nitrogen and oxygen atoms in total. The second kappa shape index (κ2) is 13.1. The van der Waals surface area contributed by atoms with Gasteiger partial charge >= 0.3 is 5.97 Å². The van der Waals surface area contributed by atoms with E-state index in [9.17, 15) is 9.59 Å². The van der Waals surface area contributed by atoms with Crippen molar-refractivity contribution >= 4 is 11.8 Å². The summed E-state index contributed by atoms with van der Waals surface area (Å²) in [6, 6.07) is 0. The van der Waals surface area contributed by atoms with Crippen LogP contribution in [0, 0.1) is 45.8 Å². The number of Topliss-reactive ketones (excluding diaryl/α,β-unsaturated/α-hetero) is 1. The fourth-order valence-electron chi connectivity index (χ4n) is 9.24. The molecule has 0 aromatic heterocycles. The van der Waals surface area contributed by atoms with Crippen LogP contribution in [-0.2, 0) is 9.59 Å². The number of aliphatic carboxylic acids is 1. The van der Waals surface area contributed by atoms with Gasteiger partial charge in [0.2, 0.25) is 0 Å². The fraction of sp³-hybridized carbons (Fsp3) is 0.697. The summed E-state index contributed by atoms with van der Waals surface area (Å²) in [5, 5.41) is 8.16. The van der Waals surface area contributed by atoms with Crippen LogP contribution in [0.1, 0.15) is 101 Å². The normalized spacial score (nSPS) is 40.3. The summed E-state index contributed by atoms with van der Waals surface area (Å²) in [5.74, 6) is 3.77. The van der Waals surface area contributed by atoms with Crippen LogP contribution < -0.4 is 0 Å². The van der Waals surface area contributed by atoms with Gasteiger partial charge in [-0.25, -0.2) is 4.79 Å². The number of hydrogen-bond donors (Lipinski definition) is 1. The topological polar surface area (TPSA) is 54.4 Å². The molecule has 5 rings (SSSR count). The molecule has 5 aliphatic carbocycles. The van der Waals surface area contributed by atoms with Crippen LogP contribution in [0.4, 0.5) is 0 Å². The number of rotatable bonds is 3. The standard InChI is InChI=1S/C21H32O.C6H8O2.C2H6.2C2H4.H2/c1-13(22)14-6-7-15-18-16(8-11-19(14,15)2)20(3)9-4-5-10-21(20)12-17(18)21;1-3-4-5(2)6(7)8;3*1-2;/h14-18H,4-12H2,1-3H3;3-4H,2H2,1H3,(H,7,8);1-2H3;2*1-2H2;1H/b;4-3-;;;;/t14?,15?,16?,17?,18?,19-,20-,21-;;;;;/m1...../s1. The number of ketones is 1. The van der Waals surface area contributed by atoms with Crippen molar-refractivity contribution in [3.63, 3.8) is 0 Å². The number of hydrogen-bond acceptors (Lipinski definition) is 2. The summed E-state index contributed by atoms with van der Waals surface area (Å²) in [6.07, 6.45) is 15.9. The van der Waals surface area contributed by atoms with Gasteiger partial charge in [-0.2, -0.15) is 0 Å². The zero-order chi connectivity index (χ0) is 27.9. The van der Waals surface area contributed by atoms with Gasteiger partial charge in [-0.3, -0.25) is 4.79 Å². The molecule has 5 aliphatic rings. The maximum Gasteiger partial charge on any atom is 0.335 e. The van der Waals surface area contributed by atoms with Crippen LogP contribution >= 0.6 is 0 Å². The number of carbonyl (C=O) groups excluding carboxylic acids is 1. The van der Waals surface area contributed by atoms with Gasteiger partial charge in [0.1, 0.15) is 5.78 Å². The minimum absolute atomic E-state index is 0. The van der Waals surface area contributed by atoms with Gasteiger partial charge in [0.05, 0.1) is 5.57 Å². The van der Waals surface area contributed by atoms with E-state index in [0.717, 1.165) is 29.1 Å². The quantitative estimate of drug-likeness (QED) is 0.238. The van der Waals surface area contributed by atoms with Crippen molar-refractivity contribution in [3.05, 3.63) is 50.6 Å². The molecule has 5 fully saturated rings. The predicted octanol–water partition coefficient (Wildman–Crippen LogP) is 9.31. The third kappa shape index (κ3) is 5.22. The molecule has 0 amide bonds. The maximum atomic E-state index is 12.2. The first-order valence-corrected chi connectivity index (χ1v) is 14.2. The van der Waals surface area contributed by atoms with E-state index in [4.69, 9.17) is 5.11 Å². The third-order valence-electron chi connectivity index (χ3n) is 10.6. The van der Waals surface area contributed by atoms with Gasteiger partial charge in [-0.1, -0.05) is 59.3 Å². The number of carboxylic acid groups (broad SMARTS) is 1. The van der Waals surface area contributed by atoms with E-state index in [0.29, 0.717) is 22.5 Å². The molecule has 1 spiro atoms. The Hall–Kier alpha value is -1.90. The second-order valence-electron chi connectivity index (χ2n) is 11.5. The Bertz CT molecular complexity index is 816. The molecule has 206 valence electrons. The molecule has 3 heteroatoms. The summed E-state index contributed by atoms with van der Waals surface area (Å²) in [5.41, 5.74) is 1.88. The van der Waals surface area contributed by atoms with Crippen LogP contribution in [0.2, 0.25) is 0 Å². The first kappa shape index (κ1) is 32.1. The van der Waals surface area contributed by atoms with E-state index in [1.807, 2.05) is 20.8 Å². The van der Waals surface area contributed by atoms with Crippen molar-refractivity contribution in [1.82, 2.24) is 0 Å². The van der Waals surface area contributed by atoms with E-state index in [1.165, 1.54) is 57.4 Å². The lowest BCUT2D eigenvalue weighted by atomic mass is 9.52. The smallest absolute Gasteiger partial charge is 0.335 e. The lowest BCUT2D eigenvalue weighted by molar-refractivity contribution is -0.132. The molecule has 8 atom stereocenters. The summed E-state index contributed by atoms with van der Waals surface area (Å²) in [6.45, 7) is 28.0. The first-order valence-electron chi connectivity index (χ1n) is 14.2. The highest BCUT2D eigenvalue weighted by Gasteiger charge is 2.78. The largest absolute Gasteiger partial charge is 0.478 e. The second-order valence-corrected chi connectivity index (χ2v) is 11.5. The first-order chi connectivity index (χ1) is 17.1. The van der Waals surface area contributed by atoms with Gasteiger partial charge in [-0.05, 0) is 98.7 Å². The Labute approximate surface area is 223 Å². The summed E-state index contributed by atoms with van der Waals surface area (Å²) < 4.78 is 0. The molecule has 0 heterocycles. The van der Waals surface area contributed by atoms with Crippen molar-refractivity contribution in [3.8, 4) is 0 Å². The van der Waals surface area contributed by atoms with E-state index in [1.54, 1.807) is 19.4 Å².